The molecule has 2 aliphatic heterocycles. The minimum absolute atomic E-state index is 1.14. The zero-order valence-electron chi connectivity index (χ0n) is 13.0. The Balaban J connectivity index is 0.000000152. The van der Waals surface area contributed by atoms with Crippen molar-refractivity contribution >= 4 is 0 Å². The topological polar surface area (TPSA) is 48.1 Å². The Morgan fingerprint density at radius 3 is 0.950 bits per heavy atom. The van der Waals surface area contributed by atoms with Crippen LogP contribution < -0.4 is 21.3 Å². The van der Waals surface area contributed by atoms with Crippen molar-refractivity contribution < 1.29 is 0 Å². The molecule has 0 aromatic heterocycles. The second-order valence-electron chi connectivity index (χ2n) is 5.08. The van der Waals surface area contributed by atoms with Gasteiger partial charge in [0.25, 0.3) is 0 Å². The van der Waals surface area contributed by atoms with Gasteiger partial charge in [0.15, 0.2) is 0 Å². The minimum Gasteiger partial charge on any atom is -0.314 e. The van der Waals surface area contributed by atoms with E-state index < -0.39 is 0 Å². The van der Waals surface area contributed by atoms with E-state index in [9.17, 15) is 0 Å². The second-order valence-corrected chi connectivity index (χ2v) is 5.08. The van der Waals surface area contributed by atoms with Crippen LogP contribution in [0.4, 0.5) is 0 Å². The van der Waals surface area contributed by atoms with Crippen molar-refractivity contribution in [2.24, 2.45) is 0 Å². The van der Waals surface area contributed by atoms with Crippen molar-refractivity contribution in [1.29, 1.82) is 0 Å². The summed E-state index contributed by atoms with van der Waals surface area (Å²) in [6.45, 7) is 13.4. The molecule has 20 heavy (non-hydrogen) atoms. The molecule has 0 spiro atoms. The van der Waals surface area contributed by atoms with Crippen LogP contribution in [-0.4, -0.2) is 52.4 Å². The molecule has 4 heteroatoms. The molecule has 2 aliphatic rings. The molecule has 1 aromatic rings. The van der Waals surface area contributed by atoms with Gasteiger partial charge in [0, 0.05) is 52.4 Å². The lowest BCUT2D eigenvalue weighted by Crippen LogP contribution is -2.39. The predicted octanol–water partition coefficient (Wildman–Crippen LogP) is 0.662. The normalized spacial score (nSPS) is 18.1. The van der Waals surface area contributed by atoms with E-state index in [0.29, 0.717) is 0 Å². The molecule has 3 rings (SSSR count). The fraction of sp³-hybridized carbons (Fsp3) is 0.625. The number of piperazine rings is 2. The van der Waals surface area contributed by atoms with Crippen molar-refractivity contribution in [1.82, 2.24) is 21.3 Å². The molecule has 0 saturated carbocycles. The molecule has 0 atom stereocenters. The number of nitrogens with one attached hydrogen (secondary N) is 4. The minimum atomic E-state index is 1.14. The average molecular weight is 278 g/mol. The second kappa shape index (κ2) is 11.9. The van der Waals surface area contributed by atoms with Gasteiger partial charge in [-0.25, -0.2) is 0 Å². The number of rotatable bonds is 0. The Labute approximate surface area is 123 Å². The number of aryl methyl sites for hydroxylation is 2. The Morgan fingerprint density at radius 1 is 0.550 bits per heavy atom. The third kappa shape index (κ3) is 9.04. The van der Waals surface area contributed by atoms with Crippen LogP contribution in [0.1, 0.15) is 11.1 Å². The highest BCUT2D eigenvalue weighted by Crippen LogP contribution is 2.02. The van der Waals surface area contributed by atoms with Crippen molar-refractivity contribution in [2.75, 3.05) is 52.4 Å². The lowest BCUT2D eigenvalue weighted by atomic mass is 10.1. The summed E-state index contributed by atoms with van der Waals surface area (Å²) in [6, 6.07) is 8.36. The SMILES string of the molecule is C1CNCCN1.C1CNCCN1.Cc1ccccc1C. The van der Waals surface area contributed by atoms with Crippen LogP contribution in [0.5, 0.6) is 0 Å². The molecule has 0 amide bonds. The molecule has 0 radical (unpaired) electrons. The first-order valence-corrected chi connectivity index (χ1v) is 7.66. The molecule has 0 bridgehead atoms. The lowest BCUT2D eigenvalue weighted by molar-refractivity contribution is 0.534. The van der Waals surface area contributed by atoms with Gasteiger partial charge >= 0.3 is 0 Å². The van der Waals surface area contributed by atoms with Gasteiger partial charge in [0.1, 0.15) is 0 Å². The van der Waals surface area contributed by atoms with Crippen molar-refractivity contribution in [3.63, 3.8) is 0 Å². The van der Waals surface area contributed by atoms with E-state index in [-0.39, 0.29) is 0 Å². The number of hydrogen-bond donors (Lipinski definition) is 4. The summed E-state index contributed by atoms with van der Waals surface area (Å²) in [5, 5.41) is 12.9. The lowest BCUT2D eigenvalue weighted by Gasteiger charge is -2.11. The van der Waals surface area contributed by atoms with Gasteiger partial charge in [0.05, 0.1) is 0 Å². The van der Waals surface area contributed by atoms with E-state index >= 15 is 0 Å². The molecule has 114 valence electrons. The Kier molecular flexibility index (Phi) is 10.1. The summed E-state index contributed by atoms with van der Waals surface area (Å²) in [5.41, 5.74) is 2.74. The summed E-state index contributed by atoms with van der Waals surface area (Å²) >= 11 is 0. The largest absolute Gasteiger partial charge is 0.314 e. The van der Waals surface area contributed by atoms with Gasteiger partial charge in [0.2, 0.25) is 0 Å². The van der Waals surface area contributed by atoms with Crippen LogP contribution in [0.25, 0.3) is 0 Å². The molecule has 0 aliphatic carbocycles. The number of hydrogen-bond acceptors (Lipinski definition) is 4. The zero-order chi connectivity index (χ0) is 14.5. The maximum atomic E-state index is 3.22. The maximum Gasteiger partial charge on any atom is 0.00772 e. The third-order valence-corrected chi connectivity index (χ3v) is 3.34. The van der Waals surface area contributed by atoms with E-state index in [1.807, 2.05) is 0 Å². The van der Waals surface area contributed by atoms with Gasteiger partial charge < -0.3 is 21.3 Å². The number of benzene rings is 1. The van der Waals surface area contributed by atoms with E-state index in [1.54, 1.807) is 0 Å². The maximum absolute atomic E-state index is 3.22. The van der Waals surface area contributed by atoms with Gasteiger partial charge in [-0.3, -0.25) is 0 Å². The molecule has 2 saturated heterocycles. The highest BCUT2D eigenvalue weighted by Gasteiger charge is 1.92. The first-order valence-electron chi connectivity index (χ1n) is 7.66. The Hall–Kier alpha value is -0.940. The van der Waals surface area contributed by atoms with Gasteiger partial charge in [-0.15, -0.1) is 0 Å². The monoisotopic (exact) mass is 278 g/mol. The fourth-order valence-electron chi connectivity index (χ4n) is 1.87. The van der Waals surface area contributed by atoms with Crippen LogP contribution in [0, 0.1) is 13.8 Å². The summed E-state index contributed by atoms with van der Waals surface area (Å²) in [4.78, 5) is 0. The average Bonchev–Trinajstić information content (AvgIpc) is 2.55. The van der Waals surface area contributed by atoms with Crippen LogP contribution in [0.3, 0.4) is 0 Å². The molecule has 2 heterocycles. The van der Waals surface area contributed by atoms with Crippen LogP contribution in [-0.2, 0) is 0 Å². The standard InChI is InChI=1S/C8H10.2C4H10N2/c1-7-5-3-4-6-8(7)2;2*1-2-6-4-3-5-1/h3-6H,1-2H3;2*5-6H,1-4H2. The van der Waals surface area contributed by atoms with Gasteiger partial charge in [-0.2, -0.15) is 0 Å². The van der Waals surface area contributed by atoms with E-state index in [1.165, 1.54) is 11.1 Å². The summed E-state index contributed by atoms with van der Waals surface area (Å²) < 4.78 is 0. The van der Waals surface area contributed by atoms with Crippen molar-refractivity contribution in [3.8, 4) is 0 Å². The van der Waals surface area contributed by atoms with Crippen LogP contribution in [0.15, 0.2) is 24.3 Å². The first-order chi connectivity index (χ1) is 9.80. The van der Waals surface area contributed by atoms with Gasteiger partial charge in [-0.1, -0.05) is 24.3 Å². The fourth-order valence-corrected chi connectivity index (χ4v) is 1.87. The highest BCUT2D eigenvalue weighted by atomic mass is 15.0. The molecule has 1 aromatic carbocycles. The molecule has 4 nitrogen and oxygen atoms in total. The smallest absolute Gasteiger partial charge is 0.00772 e. The van der Waals surface area contributed by atoms with E-state index in [4.69, 9.17) is 0 Å². The Bertz CT molecular complexity index is 277. The van der Waals surface area contributed by atoms with E-state index in [2.05, 4.69) is 59.4 Å². The van der Waals surface area contributed by atoms with Crippen molar-refractivity contribution in [3.05, 3.63) is 35.4 Å². The summed E-state index contributed by atoms with van der Waals surface area (Å²) in [6.07, 6.45) is 0. The first kappa shape index (κ1) is 17.1. The Morgan fingerprint density at radius 2 is 0.800 bits per heavy atom. The van der Waals surface area contributed by atoms with Gasteiger partial charge in [-0.05, 0) is 25.0 Å². The summed E-state index contributed by atoms with van der Waals surface area (Å²) in [5.74, 6) is 0. The third-order valence-electron chi connectivity index (χ3n) is 3.34. The summed E-state index contributed by atoms with van der Waals surface area (Å²) in [7, 11) is 0. The molecular weight excluding hydrogens is 248 g/mol. The molecule has 2 fully saturated rings. The molecule has 4 N–H and O–H groups in total. The predicted molar refractivity (Wildman–Crippen MR) is 87.4 cm³/mol. The molecule has 0 unspecified atom stereocenters. The van der Waals surface area contributed by atoms with E-state index in [0.717, 1.165) is 52.4 Å². The zero-order valence-corrected chi connectivity index (χ0v) is 13.0. The van der Waals surface area contributed by atoms with Crippen molar-refractivity contribution in [2.45, 2.75) is 13.8 Å². The van der Waals surface area contributed by atoms with Crippen LogP contribution in [0.2, 0.25) is 0 Å². The highest BCUT2D eigenvalue weighted by molar-refractivity contribution is 5.23. The van der Waals surface area contributed by atoms with Crippen LogP contribution >= 0.6 is 0 Å². The quantitative estimate of drug-likeness (QED) is 0.563. The molecular formula is C16H30N4.